The SMILES string of the molecule is Nc1csc(S(=O)(=O)F)c1. The predicted octanol–water partition coefficient (Wildman–Crippen LogP) is 0.989. The highest BCUT2D eigenvalue weighted by Gasteiger charge is 2.13. The van der Waals surface area contributed by atoms with Gasteiger partial charge in [-0.25, -0.2) is 0 Å². The highest BCUT2D eigenvalue weighted by atomic mass is 32.3. The van der Waals surface area contributed by atoms with Gasteiger partial charge in [0.25, 0.3) is 0 Å². The first-order valence-corrected chi connectivity index (χ1v) is 4.55. The molecule has 1 aromatic rings. The summed E-state index contributed by atoms with van der Waals surface area (Å²) in [5.74, 6) is 0. The summed E-state index contributed by atoms with van der Waals surface area (Å²) in [4.78, 5) is 0. The van der Waals surface area contributed by atoms with Crippen LogP contribution in [0.1, 0.15) is 0 Å². The van der Waals surface area contributed by atoms with Gasteiger partial charge in [-0.2, -0.15) is 8.42 Å². The number of rotatable bonds is 1. The minimum absolute atomic E-state index is 0.265. The fourth-order valence-corrected chi connectivity index (χ4v) is 1.86. The van der Waals surface area contributed by atoms with E-state index in [-0.39, 0.29) is 9.90 Å². The number of halogens is 1. The summed E-state index contributed by atoms with van der Waals surface area (Å²) >= 11 is 0.769. The van der Waals surface area contributed by atoms with Crippen molar-refractivity contribution in [3.05, 3.63) is 11.4 Å². The van der Waals surface area contributed by atoms with E-state index < -0.39 is 10.2 Å². The number of anilines is 1. The minimum atomic E-state index is -4.54. The molecule has 0 fully saturated rings. The van der Waals surface area contributed by atoms with Crippen LogP contribution in [0, 0.1) is 0 Å². The zero-order valence-corrected chi connectivity index (χ0v) is 6.38. The van der Waals surface area contributed by atoms with Crippen molar-refractivity contribution in [1.82, 2.24) is 0 Å². The Morgan fingerprint density at radius 2 is 2.20 bits per heavy atom. The third-order valence-corrected chi connectivity index (χ3v) is 3.06. The molecule has 0 aliphatic carbocycles. The van der Waals surface area contributed by atoms with E-state index in [1.54, 1.807) is 0 Å². The molecule has 0 saturated carbocycles. The first kappa shape index (κ1) is 7.49. The molecule has 1 aromatic heterocycles. The van der Waals surface area contributed by atoms with E-state index in [1.165, 1.54) is 5.38 Å². The van der Waals surface area contributed by atoms with Gasteiger partial charge in [0.05, 0.1) is 0 Å². The molecule has 56 valence electrons. The Hall–Kier alpha value is -0.620. The van der Waals surface area contributed by atoms with Crippen LogP contribution in [-0.4, -0.2) is 8.42 Å². The van der Waals surface area contributed by atoms with E-state index >= 15 is 0 Å². The molecule has 0 aromatic carbocycles. The number of nitrogen functional groups attached to an aromatic ring is 1. The van der Waals surface area contributed by atoms with E-state index in [9.17, 15) is 12.3 Å². The second kappa shape index (κ2) is 2.21. The van der Waals surface area contributed by atoms with Gasteiger partial charge in [-0.1, -0.05) is 3.89 Å². The summed E-state index contributed by atoms with van der Waals surface area (Å²) in [5.41, 5.74) is 5.42. The van der Waals surface area contributed by atoms with Crippen LogP contribution in [0.4, 0.5) is 9.57 Å². The topological polar surface area (TPSA) is 60.2 Å². The fraction of sp³-hybridized carbons (Fsp3) is 0. The van der Waals surface area contributed by atoms with E-state index in [0.717, 1.165) is 17.4 Å². The fourth-order valence-electron chi connectivity index (χ4n) is 0.458. The van der Waals surface area contributed by atoms with Crippen molar-refractivity contribution in [3.63, 3.8) is 0 Å². The quantitative estimate of drug-likeness (QED) is 0.657. The molecule has 0 amide bonds. The van der Waals surface area contributed by atoms with Gasteiger partial charge in [0.15, 0.2) is 4.21 Å². The first-order valence-electron chi connectivity index (χ1n) is 2.29. The zero-order valence-electron chi connectivity index (χ0n) is 4.74. The van der Waals surface area contributed by atoms with Crippen molar-refractivity contribution in [1.29, 1.82) is 0 Å². The van der Waals surface area contributed by atoms with Crippen LogP contribution in [0.25, 0.3) is 0 Å². The lowest BCUT2D eigenvalue weighted by Crippen LogP contribution is -1.86. The molecule has 3 nitrogen and oxygen atoms in total. The Bertz CT molecular complexity index is 329. The largest absolute Gasteiger partial charge is 0.398 e. The van der Waals surface area contributed by atoms with Crippen LogP contribution in [0.5, 0.6) is 0 Å². The van der Waals surface area contributed by atoms with Crippen molar-refractivity contribution >= 4 is 27.2 Å². The Morgan fingerprint density at radius 1 is 1.60 bits per heavy atom. The summed E-state index contributed by atoms with van der Waals surface area (Å²) in [6.45, 7) is 0. The zero-order chi connectivity index (χ0) is 7.78. The molecule has 6 heteroatoms. The molecule has 0 unspecified atom stereocenters. The summed E-state index contributed by atoms with van der Waals surface area (Å²) in [5, 5.41) is 1.37. The van der Waals surface area contributed by atoms with Crippen LogP contribution in [-0.2, 0) is 10.2 Å². The molecule has 10 heavy (non-hydrogen) atoms. The summed E-state index contributed by atoms with van der Waals surface area (Å²) in [6, 6.07) is 1.08. The average molecular weight is 181 g/mol. The molecule has 2 N–H and O–H groups in total. The smallest absolute Gasteiger partial charge is 0.341 e. The summed E-state index contributed by atoms with van der Waals surface area (Å²) in [6.07, 6.45) is 0. The van der Waals surface area contributed by atoms with Gasteiger partial charge in [0.2, 0.25) is 0 Å². The molecule has 0 saturated heterocycles. The van der Waals surface area contributed by atoms with Crippen molar-refractivity contribution in [3.8, 4) is 0 Å². The maximum absolute atomic E-state index is 12.1. The molecule has 0 spiro atoms. The number of thiophene rings is 1. The molecular formula is C4H4FNO2S2. The van der Waals surface area contributed by atoms with Gasteiger partial charge in [-0.3, -0.25) is 0 Å². The van der Waals surface area contributed by atoms with Crippen LogP contribution >= 0.6 is 11.3 Å². The van der Waals surface area contributed by atoms with E-state index in [1.807, 2.05) is 0 Å². The number of hydrogen-bond donors (Lipinski definition) is 1. The van der Waals surface area contributed by atoms with Crippen LogP contribution in [0.15, 0.2) is 15.7 Å². The highest BCUT2D eigenvalue weighted by Crippen LogP contribution is 2.22. The highest BCUT2D eigenvalue weighted by molar-refractivity contribution is 7.88. The summed E-state index contributed by atoms with van der Waals surface area (Å²) < 4.78 is 32.0. The summed E-state index contributed by atoms with van der Waals surface area (Å²) in [7, 11) is -4.54. The first-order chi connectivity index (χ1) is 4.50. The third kappa shape index (κ3) is 1.45. The second-order valence-electron chi connectivity index (χ2n) is 1.64. The maximum Gasteiger partial charge on any atom is 0.341 e. The van der Waals surface area contributed by atoms with Gasteiger partial charge in [0, 0.05) is 11.1 Å². The lowest BCUT2D eigenvalue weighted by molar-refractivity contribution is 0.554. The van der Waals surface area contributed by atoms with Gasteiger partial charge in [0.1, 0.15) is 0 Å². The standard InChI is InChI=1S/C4H4FNO2S2/c5-10(7,8)4-1-3(6)2-9-4/h1-2H,6H2. The Morgan fingerprint density at radius 3 is 2.40 bits per heavy atom. The monoisotopic (exact) mass is 181 g/mol. The Balaban J connectivity index is 3.21. The van der Waals surface area contributed by atoms with Gasteiger partial charge < -0.3 is 5.73 Å². The molecule has 0 atom stereocenters. The van der Waals surface area contributed by atoms with Crippen LogP contribution < -0.4 is 5.73 Å². The van der Waals surface area contributed by atoms with Crippen molar-refractivity contribution in [2.45, 2.75) is 4.21 Å². The Labute approximate surface area is 61.5 Å². The maximum atomic E-state index is 12.1. The van der Waals surface area contributed by atoms with E-state index in [4.69, 9.17) is 5.73 Å². The second-order valence-corrected chi connectivity index (χ2v) is 4.12. The lowest BCUT2D eigenvalue weighted by Gasteiger charge is -1.82. The third-order valence-electron chi connectivity index (χ3n) is 0.836. The van der Waals surface area contributed by atoms with Crippen LogP contribution in [0.3, 0.4) is 0 Å². The molecule has 0 aliphatic rings. The van der Waals surface area contributed by atoms with Crippen LogP contribution in [0.2, 0.25) is 0 Å². The lowest BCUT2D eigenvalue weighted by atomic mass is 10.6. The normalized spacial score (nSPS) is 11.7. The van der Waals surface area contributed by atoms with Crippen molar-refractivity contribution in [2.75, 3.05) is 5.73 Å². The minimum Gasteiger partial charge on any atom is -0.398 e. The molecule has 0 bridgehead atoms. The average Bonchev–Trinajstić information content (AvgIpc) is 2.11. The van der Waals surface area contributed by atoms with Crippen molar-refractivity contribution < 1.29 is 12.3 Å². The molecule has 1 heterocycles. The van der Waals surface area contributed by atoms with Gasteiger partial charge >= 0.3 is 10.2 Å². The molecule has 1 rings (SSSR count). The van der Waals surface area contributed by atoms with Crippen molar-refractivity contribution in [2.24, 2.45) is 0 Å². The molecule has 0 radical (unpaired) electrons. The number of nitrogens with two attached hydrogens (primary N) is 1. The van der Waals surface area contributed by atoms with Gasteiger partial charge in [-0.05, 0) is 6.07 Å². The predicted molar refractivity (Wildman–Crippen MR) is 37.0 cm³/mol. The van der Waals surface area contributed by atoms with E-state index in [0.29, 0.717) is 0 Å². The number of hydrogen-bond acceptors (Lipinski definition) is 4. The van der Waals surface area contributed by atoms with E-state index in [2.05, 4.69) is 0 Å². The molecular weight excluding hydrogens is 177 g/mol. The molecule has 0 aliphatic heterocycles. The van der Waals surface area contributed by atoms with Gasteiger partial charge in [-0.15, -0.1) is 11.3 Å². The Kier molecular flexibility index (Phi) is 1.65.